The van der Waals surface area contributed by atoms with Crippen LogP contribution in [0.5, 0.6) is 5.75 Å². The number of nitrogens with zero attached hydrogens (tertiary/aromatic N) is 1. The molecule has 1 heterocycles. The Hall–Kier alpha value is -2.16. The van der Waals surface area contributed by atoms with Gasteiger partial charge in [-0.1, -0.05) is 17.7 Å². The topological polar surface area (TPSA) is 75.7 Å². The maximum Gasteiger partial charge on any atom is 0.246 e. The van der Waals surface area contributed by atoms with Crippen LogP contribution in [0.25, 0.3) is 0 Å². The molecule has 6 nitrogen and oxygen atoms in total. The number of sulfonamides is 1. The zero-order valence-corrected chi connectivity index (χ0v) is 17.5. The summed E-state index contributed by atoms with van der Waals surface area (Å²) in [5.74, 6) is -0.850. The van der Waals surface area contributed by atoms with Gasteiger partial charge in [-0.3, -0.25) is 4.79 Å². The summed E-state index contributed by atoms with van der Waals surface area (Å²) < 4.78 is 46.8. The Bertz CT molecular complexity index is 987. The van der Waals surface area contributed by atoms with Crippen molar-refractivity contribution >= 4 is 33.2 Å². The summed E-state index contributed by atoms with van der Waals surface area (Å²) in [5.41, 5.74) is 0.367. The molecule has 3 rings (SSSR count). The minimum atomic E-state index is -3.75. The first kappa shape index (κ1) is 21.5. The van der Waals surface area contributed by atoms with E-state index < -0.39 is 21.7 Å². The first-order valence-corrected chi connectivity index (χ1v) is 11.1. The fourth-order valence-corrected chi connectivity index (χ4v) is 5.10. The third-order valence-corrected chi connectivity index (χ3v) is 6.88. The van der Waals surface area contributed by atoms with Crippen molar-refractivity contribution in [2.75, 3.05) is 25.0 Å². The molecule has 1 aliphatic rings. The quantitative estimate of drug-likeness (QED) is 0.709. The molecule has 156 valence electrons. The van der Waals surface area contributed by atoms with Gasteiger partial charge < -0.3 is 10.1 Å². The van der Waals surface area contributed by atoms with Crippen molar-refractivity contribution in [3.8, 4) is 5.75 Å². The molecule has 0 radical (unpaired) electrons. The molecule has 2 aromatic carbocycles. The summed E-state index contributed by atoms with van der Waals surface area (Å²) >= 11 is 5.97. The van der Waals surface area contributed by atoms with Crippen molar-refractivity contribution in [3.63, 3.8) is 0 Å². The van der Waals surface area contributed by atoms with Gasteiger partial charge in [-0.2, -0.15) is 4.31 Å². The summed E-state index contributed by atoms with van der Waals surface area (Å²) in [6.45, 7) is 2.98. The highest BCUT2D eigenvalue weighted by Crippen LogP contribution is 2.32. The average Bonchev–Trinajstić information content (AvgIpc) is 3.22. The summed E-state index contributed by atoms with van der Waals surface area (Å²) in [6, 6.07) is 8.63. The molecule has 1 N–H and O–H groups in total. The second-order valence-electron chi connectivity index (χ2n) is 6.63. The molecule has 1 aliphatic heterocycles. The molecule has 9 heteroatoms. The smallest absolute Gasteiger partial charge is 0.246 e. The Labute approximate surface area is 174 Å². The molecule has 29 heavy (non-hydrogen) atoms. The van der Waals surface area contributed by atoms with Gasteiger partial charge in [0.2, 0.25) is 15.9 Å². The van der Waals surface area contributed by atoms with Crippen LogP contribution in [0.15, 0.2) is 41.3 Å². The van der Waals surface area contributed by atoms with Gasteiger partial charge in [-0.25, -0.2) is 12.8 Å². The lowest BCUT2D eigenvalue weighted by Gasteiger charge is -2.19. The molecular formula is C20H22ClFN2O4S. The maximum absolute atomic E-state index is 13.9. The van der Waals surface area contributed by atoms with E-state index >= 15 is 0 Å². The highest BCUT2D eigenvalue weighted by Gasteiger charge is 2.30. The van der Waals surface area contributed by atoms with Gasteiger partial charge in [-0.15, -0.1) is 0 Å². The third kappa shape index (κ3) is 4.88. The molecule has 1 amide bonds. The number of hydrogen-bond donors (Lipinski definition) is 1. The van der Waals surface area contributed by atoms with E-state index in [9.17, 15) is 17.6 Å². The van der Waals surface area contributed by atoms with Gasteiger partial charge in [0.1, 0.15) is 16.5 Å². The van der Waals surface area contributed by atoms with E-state index in [2.05, 4.69) is 5.32 Å². The van der Waals surface area contributed by atoms with Gasteiger partial charge in [0.05, 0.1) is 13.0 Å². The molecule has 1 saturated heterocycles. The summed E-state index contributed by atoms with van der Waals surface area (Å²) in [4.78, 5) is 12.4. The monoisotopic (exact) mass is 440 g/mol. The van der Waals surface area contributed by atoms with Crippen LogP contribution in [0.3, 0.4) is 0 Å². The molecule has 0 atom stereocenters. The second-order valence-corrected chi connectivity index (χ2v) is 8.94. The number of carbonyl (C=O) groups excluding carboxylic acids is 1. The van der Waals surface area contributed by atoms with E-state index in [0.29, 0.717) is 19.7 Å². The van der Waals surface area contributed by atoms with Crippen LogP contribution in [0.1, 0.15) is 25.3 Å². The first-order valence-electron chi connectivity index (χ1n) is 9.32. The van der Waals surface area contributed by atoms with Crippen molar-refractivity contribution in [3.05, 3.63) is 52.8 Å². The third-order valence-electron chi connectivity index (χ3n) is 4.61. The molecule has 0 aromatic heterocycles. The van der Waals surface area contributed by atoms with Crippen LogP contribution in [-0.2, 0) is 21.2 Å². The van der Waals surface area contributed by atoms with Gasteiger partial charge in [0, 0.05) is 29.4 Å². The van der Waals surface area contributed by atoms with Crippen molar-refractivity contribution in [2.45, 2.75) is 31.1 Å². The minimum absolute atomic E-state index is 0.00275. The fraction of sp³-hybridized carbons (Fsp3) is 0.350. The predicted molar refractivity (Wildman–Crippen MR) is 109 cm³/mol. The van der Waals surface area contributed by atoms with E-state index in [1.165, 1.54) is 34.6 Å². The van der Waals surface area contributed by atoms with Crippen molar-refractivity contribution in [1.29, 1.82) is 0 Å². The molecule has 1 fully saturated rings. The maximum atomic E-state index is 13.9. The van der Waals surface area contributed by atoms with Crippen LogP contribution in [-0.4, -0.2) is 38.3 Å². The van der Waals surface area contributed by atoms with E-state index in [1.807, 2.05) is 0 Å². The lowest BCUT2D eigenvalue weighted by molar-refractivity contribution is -0.115. The van der Waals surface area contributed by atoms with Crippen LogP contribution in [0.2, 0.25) is 5.02 Å². The number of ether oxygens (including phenoxy) is 1. The Morgan fingerprint density at radius 2 is 1.97 bits per heavy atom. The Kier molecular flexibility index (Phi) is 6.77. The average molecular weight is 441 g/mol. The van der Waals surface area contributed by atoms with Crippen molar-refractivity contribution in [1.82, 2.24) is 4.31 Å². The molecule has 0 saturated carbocycles. The molecule has 2 aromatic rings. The Morgan fingerprint density at radius 1 is 1.24 bits per heavy atom. The summed E-state index contributed by atoms with van der Waals surface area (Å²) in [5, 5.41) is 2.77. The van der Waals surface area contributed by atoms with Crippen LogP contribution < -0.4 is 10.1 Å². The number of amides is 1. The number of benzene rings is 2. The number of carbonyl (C=O) groups is 1. The zero-order chi connectivity index (χ0) is 21.0. The highest BCUT2D eigenvalue weighted by molar-refractivity contribution is 7.89. The largest absolute Gasteiger partial charge is 0.492 e. The standard InChI is InChI=1S/C20H22ClFN2O4S/c1-2-28-18-9-8-14(12-19(18)29(26,27)24-10-3-4-11-24)23-20(25)13-15-16(21)6-5-7-17(15)22/h5-9,12H,2-4,10-11,13H2,1H3,(H,23,25). The van der Waals surface area contributed by atoms with Crippen LogP contribution in [0.4, 0.5) is 10.1 Å². The number of halogens is 2. The number of anilines is 1. The predicted octanol–water partition coefficient (Wildman–Crippen LogP) is 3.84. The normalized spacial score (nSPS) is 14.7. The molecule has 0 aliphatic carbocycles. The van der Waals surface area contributed by atoms with Gasteiger partial charge in [0.15, 0.2) is 0 Å². The first-order chi connectivity index (χ1) is 13.8. The van der Waals surface area contributed by atoms with E-state index in [0.717, 1.165) is 12.8 Å². The van der Waals surface area contributed by atoms with Crippen molar-refractivity contribution < 1.29 is 22.3 Å². The number of hydrogen-bond acceptors (Lipinski definition) is 4. The van der Waals surface area contributed by atoms with Crippen LogP contribution in [0, 0.1) is 5.82 Å². The number of rotatable bonds is 7. The molecular weight excluding hydrogens is 419 g/mol. The second kappa shape index (κ2) is 9.11. The molecule has 0 bridgehead atoms. The lowest BCUT2D eigenvalue weighted by atomic mass is 10.1. The summed E-state index contributed by atoms with van der Waals surface area (Å²) in [7, 11) is -3.75. The Morgan fingerprint density at radius 3 is 2.62 bits per heavy atom. The fourth-order valence-electron chi connectivity index (χ4n) is 3.20. The molecule has 0 spiro atoms. The van der Waals surface area contributed by atoms with E-state index in [1.54, 1.807) is 13.0 Å². The Balaban J connectivity index is 1.86. The number of nitrogens with one attached hydrogen (secondary N) is 1. The van der Waals surface area contributed by atoms with E-state index in [-0.39, 0.29) is 33.3 Å². The SMILES string of the molecule is CCOc1ccc(NC(=O)Cc2c(F)cccc2Cl)cc1S(=O)(=O)N1CCCC1. The minimum Gasteiger partial charge on any atom is -0.492 e. The lowest BCUT2D eigenvalue weighted by Crippen LogP contribution is -2.28. The van der Waals surface area contributed by atoms with Crippen molar-refractivity contribution in [2.24, 2.45) is 0 Å². The van der Waals surface area contributed by atoms with Gasteiger partial charge >= 0.3 is 0 Å². The van der Waals surface area contributed by atoms with E-state index in [4.69, 9.17) is 16.3 Å². The zero-order valence-electron chi connectivity index (χ0n) is 16.0. The van der Waals surface area contributed by atoms with Crippen LogP contribution >= 0.6 is 11.6 Å². The highest BCUT2D eigenvalue weighted by atomic mass is 35.5. The molecule has 0 unspecified atom stereocenters. The summed E-state index contributed by atoms with van der Waals surface area (Å²) in [6.07, 6.45) is 1.35. The van der Waals surface area contributed by atoms with Gasteiger partial charge in [0.25, 0.3) is 0 Å². The van der Waals surface area contributed by atoms with Gasteiger partial charge in [-0.05, 0) is 50.1 Å².